The third-order valence-electron chi connectivity index (χ3n) is 5.75. The minimum absolute atomic E-state index is 0.0732. The SMILES string of the molecule is CC.CCc1cc(C2=CCCN(C(=O)C3COC3)C2)c(F)c2[nH]c(C(=O)N(C)C)cc12. The lowest BCUT2D eigenvalue weighted by Gasteiger charge is -2.34. The molecular weight excluding hydrogens is 397 g/mol. The number of aryl methyl sites for hydroxylation is 1. The zero-order valence-electron chi connectivity index (χ0n) is 19.0. The van der Waals surface area contributed by atoms with Gasteiger partial charge in [0.05, 0.1) is 24.6 Å². The maximum absolute atomic E-state index is 15.5. The first kappa shape index (κ1) is 23.0. The zero-order chi connectivity index (χ0) is 22.7. The molecule has 0 radical (unpaired) electrons. The van der Waals surface area contributed by atoms with E-state index in [-0.39, 0.29) is 23.5 Å². The second kappa shape index (κ2) is 9.64. The maximum atomic E-state index is 15.5. The average molecular weight is 430 g/mol. The van der Waals surface area contributed by atoms with E-state index in [0.29, 0.717) is 55.9 Å². The Morgan fingerprint density at radius 1 is 1.26 bits per heavy atom. The number of fused-ring (bicyclic) bond motifs is 1. The highest BCUT2D eigenvalue weighted by Crippen LogP contribution is 2.32. The van der Waals surface area contributed by atoms with Crippen molar-refractivity contribution in [2.24, 2.45) is 5.92 Å². The predicted molar refractivity (Wildman–Crippen MR) is 120 cm³/mol. The summed E-state index contributed by atoms with van der Waals surface area (Å²) in [6.07, 6.45) is 3.43. The largest absolute Gasteiger partial charge is 0.380 e. The third kappa shape index (κ3) is 4.37. The van der Waals surface area contributed by atoms with Crippen molar-refractivity contribution in [3.8, 4) is 0 Å². The van der Waals surface area contributed by atoms with E-state index in [9.17, 15) is 9.59 Å². The molecule has 6 nitrogen and oxygen atoms in total. The minimum atomic E-state index is -0.373. The van der Waals surface area contributed by atoms with Crippen LogP contribution in [0.5, 0.6) is 0 Å². The van der Waals surface area contributed by atoms with Gasteiger partial charge in [-0.3, -0.25) is 9.59 Å². The summed E-state index contributed by atoms with van der Waals surface area (Å²) < 4.78 is 20.6. The van der Waals surface area contributed by atoms with Gasteiger partial charge in [-0.15, -0.1) is 0 Å². The Labute approximate surface area is 183 Å². The summed E-state index contributed by atoms with van der Waals surface area (Å²) in [5.74, 6) is -0.559. The second-order valence-electron chi connectivity index (χ2n) is 7.93. The van der Waals surface area contributed by atoms with Crippen molar-refractivity contribution in [2.75, 3.05) is 40.4 Å². The van der Waals surface area contributed by atoms with Crippen molar-refractivity contribution in [2.45, 2.75) is 33.6 Å². The van der Waals surface area contributed by atoms with Crippen LogP contribution in [0.2, 0.25) is 0 Å². The molecule has 0 saturated carbocycles. The molecule has 7 heteroatoms. The fourth-order valence-electron chi connectivity index (χ4n) is 3.98. The second-order valence-corrected chi connectivity index (χ2v) is 7.93. The molecular formula is C24H32FN3O3. The Morgan fingerprint density at radius 3 is 2.55 bits per heavy atom. The molecule has 2 aliphatic heterocycles. The van der Waals surface area contributed by atoms with Crippen LogP contribution in [-0.4, -0.2) is 67.0 Å². The number of hydrogen-bond donors (Lipinski definition) is 1. The van der Waals surface area contributed by atoms with Crippen LogP contribution in [-0.2, 0) is 16.0 Å². The standard InChI is InChI=1S/C22H26FN3O3.C2H6/c1-4-13-8-16(14-6-5-7-26(10-14)21(27)15-11-29-12-15)19(23)20-17(13)9-18(24-20)22(28)25(2)3;1-2/h6,8-9,15,24H,4-5,7,10-12H2,1-3H3;1-2H3. The van der Waals surface area contributed by atoms with Crippen molar-refractivity contribution in [3.05, 3.63) is 40.8 Å². The normalized spacial score (nSPS) is 16.3. The highest BCUT2D eigenvalue weighted by molar-refractivity contribution is 5.99. The van der Waals surface area contributed by atoms with Crippen LogP contribution in [0.15, 0.2) is 18.2 Å². The van der Waals surface area contributed by atoms with E-state index in [2.05, 4.69) is 4.98 Å². The quantitative estimate of drug-likeness (QED) is 0.803. The van der Waals surface area contributed by atoms with E-state index in [0.717, 1.165) is 16.5 Å². The average Bonchev–Trinajstić information content (AvgIpc) is 3.20. The van der Waals surface area contributed by atoms with Gasteiger partial charge in [0, 0.05) is 38.1 Å². The first-order valence-corrected chi connectivity index (χ1v) is 11.0. The van der Waals surface area contributed by atoms with Gasteiger partial charge in [0.1, 0.15) is 5.69 Å². The topological polar surface area (TPSA) is 65.6 Å². The van der Waals surface area contributed by atoms with Crippen LogP contribution in [0.1, 0.15) is 48.8 Å². The molecule has 0 atom stereocenters. The summed E-state index contributed by atoms with van der Waals surface area (Å²) >= 11 is 0. The van der Waals surface area contributed by atoms with E-state index >= 15 is 4.39 Å². The number of H-pyrrole nitrogens is 1. The molecule has 0 spiro atoms. The summed E-state index contributed by atoms with van der Waals surface area (Å²) in [4.78, 5) is 31.2. The van der Waals surface area contributed by atoms with E-state index in [1.807, 2.05) is 32.9 Å². The fourth-order valence-corrected chi connectivity index (χ4v) is 3.98. The molecule has 1 aromatic heterocycles. The van der Waals surface area contributed by atoms with E-state index < -0.39 is 0 Å². The number of ether oxygens (including phenoxy) is 1. The molecule has 0 aliphatic carbocycles. The number of rotatable bonds is 4. The molecule has 31 heavy (non-hydrogen) atoms. The number of halogens is 1. The van der Waals surface area contributed by atoms with Crippen LogP contribution >= 0.6 is 0 Å². The Balaban J connectivity index is 0.00000132. The molecule has 4 rings (SSSR count). The molecule has 0 unspecified atom stereocenters. The van der Waals surface area contributed by atoms with Gasteiger partial charge < -0.3 is 19.5 Å². The van der Waals surface area contributed by atoms with Crippen LogP contribution in [0.3, 0.4) is 0 Å². The van der Waals surface area contributed by atoms with Crippen LogP contribution in [0.25, 0.3) is 16.5 Å². The molecule has 1 fully saturated rings. The smallest absolute Gasteiger partial charge is 0.269 e. The van der Waals surface area contributed by atoms with Gasteiger partial charge in [-0.05, 0) is 36.1 Å². The Morgan fingerprint density at radius 2 is 1.97 bits per heavy atom. The number of hydrogen-bond acceptors (Lipinski definition) is 3. The number of carbonyl (C=O) groups is 2. The molecule has 2 amide bonds. The summed E-state index contributed by atoms with van der Waals surface area (Å²) in [5, 5.41) is 0.731. The lowest BCUT2D eigenvalue weighted by molar-refractivity contribution is -0.149. The number of amides is 2. The Kier molecular flexibility index (Phi) is 7.15. The molecule has 168 valence electrons. The maximum Gasteiger partial charge on any atom is 0.269 e. The number of benzene rings is 1. The molecule has 0 bridgehead atoms. The van der Waals surface area contributed by atoms with Gasteiger partial charge in [0.2, 0.25) is 5.91 Å². The van der Waals surface area contributed by atoms with Gasteiger partial charge in [-0.25, -0.2) is 4.39 Å². The van der Waals surface area contributed by atoms with E-state index in [1.54, 1.807) is 25.1 Å². The lowest BCUT2D eigenvalue weighted by Crippen LogP contribution is -2.46. The molecule has 1 N–H and O–H groups in total. The highest BCUT2D eigenvalue weighted by atomic mass is 19.1. The summed E-state index contributed by atoms with van der Waals surface area (Å²) in [6.45, 7) is 8.00. The highest BCUT2D eigenvalue weighted by Gasteiger charge is 2.32. The minimum Gasteiger partial charge on any atom is -0.380 e. The van der Waals surface area contributed by atoms with Crippen molar-refractivity contribution in [3.63, 3.8) is 0 Å². The number of aromatic amines is 1. The van der Waals surface area contributed by atoms with Gasteiger partial charge in [-0.2, -0.15) is 0 Å². The van der Waals surface area contributed by atoms with Gasteiger partial charge in [0.25, 0.3) is 5.91 Å². The van der Waals surface area contributed by atoms with Crippen molar-refractivity contribution >= 4 is 28.3 Å². The predicted octanol–water partition coefficient (Wildman–Crippen LogP) is 3.86. The third-order valence-corrected chi connectivity index (χ3v) is 5.75. The summed E-state index contributed by atoms with van der Waals surface area (Å²) in [6, 6.07) is 3.59. The van der Waals surface area contributed by atoms with Crippen molar-refractivity contribution < 1.29 is 18.7 Å². The zero-order valence-corrected chi connectivity index (χ0v) is 19.0. The molecule has 1 aromatic carbocycles. The molecule has 3 heterocycles. The fraction of sp³-hybridized carbons (Fsp3) is 0.500. The number of aromatic nitrogens is 1. The first-order chi connectivity index (χ1) is 14.9. The van der Waals surface area contributed by atoms with E-state index in [4.69, 9.17) is 4.74 Å². The summed E-state index contributed by atoms with van der Waals surface area (Å²) in [7, 11) is 3.34. The first-order valence-electron chi connectivity index (χ1n) is 11.0. The van der Waals surface area contributed by atoms with E-state index in [1.165, 1.54) is 4.90 Å². The molecule has 1 saturated heterocycles. The molecule has 2 aliphatic rings. The lowest BCUT2D eigenvalue weighted by atomic mass is 9.94. The van der Waals surface area contributed by atoms with Gasteiger partial charge in [-0.1, -0.05) is 26.8 Å². The van der Waals surface area contributed by atoms with Crippen molar-refractivity contribution in [1.82, 2.24) is 14.8 Å². The summed E-state index contributed by atoms with van der Waals surface area (Å²) in [5.41, 5.74) is 3.01. The van der Waals surface area contributed by atoms with Gasteiger partial charge >= 0.3 is 0 Å². The Hall–Kier alpha value is -2.67. The van der Waals surface area contributed by atoms with Crippen molar-refractivity contribution in [1.29, 1.82) is 0 Å². The van der Waals surface area contributed by atoms with Crippen LogP contribution < -0.4 is 0 Å². The van der Waals surface area contributed by atoms with Gasteiger partial charge in [0.15, 0.2) is 5.82 Å². The number of nitrogens with one attached hydrogen (secondary N) is 1. The Bertz CT molecular complexity index is 1010. The van der Waals surface area contributed by atoms with Crippen LogP contribution in [0, 0.1) is 11.7 Å². The number of carbonyl (C=O) groups excluding carboxylic acids is 2. The molecule has 2 aromatic rings. The number of nitrogens with zero attached hydrogens (tertiary/aromatic N) is 2. The van der Waals surface area contributed by atoms with Crippen LogP contribution in [0.4, 0.5) is 4.39 Å². The monoisotopic (exact) mass is 429 g/mol.